The molecule has 22 heavy (non-hydrogen) atoms. The normalized spacial score (nSPS) is 12.3. The van der Waals surface area contributed by atoms with Gasteiger partial charge in [0.15, 0.2) is 0 Å². The molecule has 0 aliphatic carbocycles. The van der Waals surface area contributed by atoms with E-state index in [1.165, 1.54) is 0 Å². The molecule has 10 heteroatoms. The van der Waals surface area contributed by atoms with Gasteiger partial charge in [0.1, 0.15) is 0 Å². The fraction of sp³-hybridized carbons (Fsp3) is 0.750. The fourth-order valence-electron chi connectivity index (χ4n) is 1.59. The van der Waals surface area contributed by atoms with Crippen molar-refractivity contribution in [3.8, 4) is 0 Å². The molecule has 0 saturated heterocycles. The summed E-state index contributed by atoms with van der Waals surface area (Å²) in [4.78, 5) is 32.4. The van der Waals surface area contributed by atoms with Gasteiger partial charge < -0.3 is 25.1 Å². The summed E-state index contributed by atoms with van der Waals surface area (Å²) in [5.41, 5.74) is 0. The third kappa shape index (κ3) is 15.6. The van der Waals surface area contributed by atoms with Crippen molar-refractivity contribution in [2.45, 2.75) is 49.8 Å². The van der Waals surface area contributed by atoms with Gasteiger partial charge in [0.2, 0.25) is 5.91 Å². The molecule has 0 aliphatic heterocycles. The van der Waals surface area contributed by atoms with Gasteiger partial charge in [0, 0.05) is 24.1 Å². The van der Waals surface area contributed by atoms with Gasteiger partial charge in [-0.05, 0) is 25.0 Å². The van der Waals surface area contributed by atoms with E-state index in [1.54, 1.807) is 0 Å². The van der Waals surface area contributed by atoms with Crippen LogP contribution in [0, 0.1) is 0 Å². The average Bonchev–Trinajstić information content (AvgIpc) is 2.33. The van der Waals surface area contributed by atoms with Crippen molar-refractivity contribution in [2.24, 2.45) is 0 Å². The minimum Gasteiger partial charge on any atom is -0.550 e. The van der Waals surface area contributed by atoms with Crippen LogP contribution in [0.5, 0.6) is 0 Å². The molecular weight excluding hydrogens is 391 g/mol. The van der Waals surface area contributed by atoms with Crippen LogP contribution in [0.2, 0.25) is 0 Å². The molecule has 0 aromatic rings. The van der Waals surface area contributed by atoms with Crippen molar-refractivity contribution in [3.05, 3.63) is 0 Å². The number of thiol groups is 2. The zero-order valence-corrected chi connectivity index (χ0v) is 19.5. The Morgan fingerprint density at radius 3 is 2.14 bits per heavy atom. The Morgan fingerprint density at radius 2 is 1.68 bits per heavy atom. The van der Waals surface area contributed by atoms with Gasteiger partial charge >= 0.3 is 49.0 Å². The number of nitrogens with one attached hydrogen (secondary N) is 1. The minimum absolute atomic E-state index is 0. The summed E-state index contributed by atoms with van der Waals surface area (Å²) in [6.07, 6.45) is 2.44. The van der Waals surface area contributed by atoms with Gasteiger partial charge in [-0.25, -0.2) is 0 Å². The second-order valence-electron chi connectivity index (χ2n) is 4.43. The molecule has 0 aromatic carbocycles. The van der Waals surface area contributed by atoms with Crippen LogP contribution in [0.15, 0.2) is 0 Å². The summed E-state index contributed by atoms with van der Waals surface area (Å²) < 4.78 is 0. The van der Waals surface area contributed by atoms with E-state index in [1.807, 2.05) is 0 Å². The van der Waals surface area contributed by atoms with Crippen molar-refractivity contribution in [1.82, 2.24) is 5.32 Å². The molecular formula is C12H19NNaO5S2Zn+. The van der Waals surface area contributed by atoms with Gasteiger partial charge in [0.05, 0.1) is 12.0 Å². The van der Waals surface area contributed by atoms with Crippen molar-refractivity contribution in [2.75, 3.05) is 5.75 Å². The van der Waals surface area contributed by atoms with Crippen LogP contribution in [0.3, 0.4) is 0 Å². The predicted molar refractivity (Wildman–Crippen MR) is 76.3 cm³/mol. The number of carbonyl (C=O) groups excluding carboxylic acids is 3. The van der Waals surface area contributed by atoms with E-state index in [-0.39, 0.29) is 60.7 Å². The third-order valence-electron chi connectivity index (χ3n) is 2.64. The molecule has 0 radical (unpaired) electrons. The zero-order valence-electron chi connectivity index (χ0n) is 12.7. The number of carboxylic acids is 2. The van der Waals surface area contributed by atoms with Gasteiger partial charge in [-0.15, -0.1) is 0 Å². The first-order valence-corrected chi connectivity index (χ1v) is 7.50. The van der Waals surface area contributed by atoms with E-state index in [2.05, 4.69) is 30.6 Å². The predicted octanol–water partition coefficient (Wildman–Crippen LogP) is -4.46. The second kappa shape index (κ2) is 16.6. The maximum Gasteiger partial charge on any atom is 2.00 e. The molecule has 1 amide bonds. The number of carboxylic acid groups (broad SMARTS) is 2. The number of unbranched alkanes of at least 4 members (excludes halogenated alkanes) is 1. The summed E-state index contributed by atoms with van der Waals surface area (Å²) in [5, 5.41) is 23.3. The Morgan fingerprint density at radius 1 is 1.09 bits per heavy atom. The van der Waals surface area contributed by atoms with Crippen molar-refractivity contribution in [3.63, 3.8) is 0 Å². The first-order chi connectivity index (χ1) is 9.36. The molecule has 0 fully saturated rings. The third-order valence-corrected chi connectivity index (χ3v) is 3.42. The average molecular weight is 410 g/mol. The number of amides is 1. The van der Waals surface area contributed by atoms with Crippen LogP contribution in [0.25, 0.3) is 0 Å². The summed E-state index contributed by atoms with van der Waals surface area (Å²) in [6.45, 7) is 0. The van der Waals surface area contributed by atoms with E-state index in [0.29, 0.717) is 6.42 Å². The Kier molecular flexibility index (Phi) is 20.8. The molecule has 1 N–H and O–H groups in total. The molecule has 2 atom stereocenters. The fourth-order valence-corrected chi connectivity index (χ4v) is 2.41. The van der Waals surface area contributed by atoms with Crippen LogP contribution in [-0.2, 0) is 33.9 Å². The number of carbonyl (C=O) groups is 3. The molecule has 0 aliphatic rings. The van der Waals surface area contributed by atoms with Gasteiger partial charge in [-0.2, -0.15) is 25.3 Å². The Hall–Kier alpha value is 0.733. The molecule has 0 bridgehead atoms. The summed E-state index contributed by atoms with van der Waals surface area (Å²) in [6, 6.07) is -1.55. The van der Waals surface area contributed by atoms with Crippen molar-refractivity contribution in [1.29, 1.82) is 0 Å². The van der Waals surface area contributed by atoms with Crippen LogP contribution in [-0.4, -0.2) is 34.9 Å². The SMILES string of the molecule is O=C([O-])C[C@H](NC(=O)CCCCC(S)CCS)C(=O)[O-].[Na+].[Zn+2]. The Bertz CT molecular complexity index is 349. The molecule has 0 aromatic heterocycles. The molecule has 0 heterocycles. The van der Waals surface area contributed by atoms with E-state index in [4.69, 9.17) is 0 Å². The second-order valence-corrected chi connectivity index (χ2v) is 5.60. The number of aliphatic carboxylic acids is 2. The van der Waals surface area contributed by atoms with E-state index in [0.717, 1.165) is 25.0 Å². The molecule has 6 nitrogen and oxygen atoms in total. The van der Waals surface area contributed by atoms with E-state index >= 15 is 0 Å². The van der Waals surface area contributed by atoms with E-state index < -0.39 is 30.3 Å². The molecule has 0 spiro atoms. The Labute approximate surface area is 176 Å². The standard InChI is InChI=1S/C12H21NO5S2.Na.Zn/c14-10(4-2-1-3-8(20)5-6-19)13-9(12(17)18)7-11(15)16;;/h8-9,19-20H,1-7H2,(H,13,14)(H,15,16)(H,17,18);;/q;+1;+2/p-2/t8?,9-;;/m0../s1. The summed E-state index contributed by atoms with van der Waals surface area (Å²) in [7, 11) is 0. The van der Waals surface area contributed by atoms with Gasteiger partial charge in [0.25, 0.3) is 0 Å². The smallest absolute Gasteiger partial charge is 0.550 e. The molecule has 116 valence electrons. The monoisotopic (exact) mass is 408 g/mol. The largest absolute Gasteiger partial charge is 2.00 e. The first-order valence-electron chi connectivity index (χ1n) is 6.35. The maximum atomic E-state index is 11.5. The number of hydrogen-bond acceptors (Lipinski definition) is 7. The zero-order chi connectivity index (χ0) is 15.5. The number of hydrogen-bond donors (Lipinski definition) is 3. The molecule has 1 unspecified atom stereocenters. The summed E-state index contributed by atoms with van der Waals surface area (Å²) >= 11 is 8.44. The van der Waals surface area contributed by atoms with Crippen molar-refractivity contribution >= 4 is 43.1 Å². The van der Waals surface area contributed by atoms with Crippen molar-refractivity contribution < 1.29 is 73.6 Å². The minimum atomic E-state index is -1.63. The van der Waals surface area contributed by atoms with Crippen LogP contribution in [0.1, 0.15) is 38.5 Å². The van der Waals surface area contributed by atoms with Crippen LogP contribution in [0.4, 0.5) is 0 Å². The molecule has 0 saturated carbocycles. The van der Waals surface area contributed by atoms with Gasteiger partial charge in [-0.3, -0.25) is 4.79 Å². The van der Waals surface area contributed by atoms with Crippen LogP contribution >= 0.6 is 25.3 Å². The molecule has 0 rings (SSSR count). The topological polar surface area (TPSA) is 109 Å². The Balaban J connectivity index is -0.00000180. The van der Waals surface area contributed by atoms with Gasteiger partial charge in [-0.1, -0.05) is 6.42 Å². The quantitative estimate of drug-likeness (QED) is 0.181. The summed E-state index contributed by atoms with van der Waals surface area (Å²) in [5.74, 6) is -2.94. The van der Waals surface area contributed by atoms with E-state index in [9.17, 15) is 24.6 Å². The maximum absolute atomic E-state index is 11.5. The van der Waals surface area contributed by atoms with Crippen LogP contribution < -0.4 is 45.1 Å². The first kappa shape index (κ1) is 27.6. The number of rotatable bonds is 11.